The van der Waals surface area contributed by atoms with E-state index in [9.17, 15) is 14.7 Å². The monoisotopic (exact) mass is 664 g/mol. The van der Waals surface area contributed by atoms with Crippen molar-refractivity contribution < 1.29 is 38.4 Å². The minimum absolute atomic E-state index is 0.0914. The number of rotatable bonds is 10. The predicted molar refractivity (Wildman–Crippen MR) is 181 cm³/mol. The van der Waals surface area contributed by atoms with Crippen LogP contribution >= 0.6 is 11.3 Å². The zero-order valence-electron chi connectivity index (χ0n) is 26.3. The fraction of sp³-hybridized carbons (Fsp3) is 0.216. The van der Waals surface area contributed by atoms with E-state index in [1.807, 2.05) is 62.4 Å². The van der Waals surface area contributed by atoms with Gasteiger partial charge in [0.25, 0.3) is 5.78 Å². The Balaban J connectivity index is 1.35. The number of ketones is 1. The number of hydrogen-bond donors (Lipinski definition) is 1. The van der Waals surface area contributed by atoms with Crippen molar-refractivity contribution in [1.29, 1.82) is 0 Å². The minimum Gasteiger partial charge on any atom is -0.507 e. The molecular formula is C37H32N2O8S. The second-order valence-electron chi connectivity index (χ2n) is 11.0. The number of aromatic nitrogens is 1. The lowest BCUT2D eigenvalue weighted by molar-refractivity contribution is -0.132. The molecule has 4 aromatic carbocycles. The summed E-state index contributed by atoms with van der Waals surface area (Å²) in [7, 11) is 0. The maximum Gasteiger partial charge on any atom is 0.301 e. The molecule has 0 spiro atoms. The number of aliphatic hydroxyl groups is 1. The number of benzene rings is 4. The van der Waals surface area contributed by atoms with Gasteiger partial charge in [0, 0.05) is 5.56 Å². The van der Waals surface area contributed by atoms with Crippen LogP contribution in [0.15, 0.2) is 90.5 Å². The summed E-state index contributed by atoms with van der Waals surface area (Å²) in [6, 6.07) is 24.4. The van der Waals surface area contributed by atoms with Gasteiger partial charge < -0.3 is 28.8 Å². The van der Waals surface area contributed by atoms with E-state index in [4.69, 9.17) is 28.7 Å². The van der Waals surface area contributed by atoms with Crippen LogP contribution in [0.2, 0.25) is 0 Å². The van der Waals surface area contributed by atoms with Gasteiger partial charge in [-0.05, 0) is 73.5 Å². The highest BCUT2D eigenvalue weighted by molar-refractivity contribution is 7.22. The smallest absolute Gasteiger partial charge is 0.301 e. The number of thiazole rings is 1. The molecule has 1 N–H and O–H groups in total. The SMILES string of the molecule is CCOc1ccc2nc(N3C(=O)C(=O)/C(=C(/O)c4ccc5c(c4)OCCO5)[C@H]3c3ccc(OCc4ccccc4)c(OCC)c3)sc2c1. The fourth-order valence-corrected chi connectivity index (χ4v) is 6.78. The second-order valence-corrected chi connectivity index (χ2v) is 12.0. The Labute approximate surface area is 280 Å². The molecule has 1 aromatic heterocycles. The molecule has 3 heterocycles. The first-order valence-electron chi connectivity index (χ1n) is 15.6. The molecule has 10 nitrogen and oxygen atoms in total. The second kappa shape index (κ2) is 13.3. The number of carbonyl (C=O) groups excluding carboxylic acids is 2. The van der Waals surface area contributed by atoms with Gasteiger partial charge in [-0.3, -0.25) is 14.5 Å². The third-order valence-corrected chi connectivity index (χ3v) is 8.96. The van der Waals surface area contributed by atoms with Gasteiger partial charge in [-0.25, -0.2) is 4.98 Å². The van der Waals surface area contributed by atoms with Crippen molar-refractivity contribution in [3.05, 3.63) is 107 Å². The summed E-state index contributed by atoms with van der Waals surface area (Å²) in [5.74, 6) is 0.562. The van der Waals surface area contributed by atoms with E-state index >= 15 is 0 Å². The average molecular weight is 665 g/mol. The molecule has 2 aliphatic rings. The van der Waals surface area contributed by atoms with Crippen molar-refractivity contribution in [3.63, 3.8) is 0 Å². The largest absolute Gasteiger partial charge is 0.507 e. The lowest BCUT2D eigenvalue weighted by atomic mass is 9.95. The van der Waals surface area contributed by atoms with Gasteiger partial charge in [0.05, 0.1) is 35.0 Å². The van der Waals surface area contributed by atoms with Crippen LogP contribution in [-0.4, -0.2) is 48.2 Å². The molecule has 48 heavy (non-hydrogen) atoms. The Hall–Kier alpha value is -5.55. The van der Waals surface area contributed by atoms with Crippen molar-refractivity contribution in [3.8, 4) is 28.7 Å². The molecule has 0 radical (unpaired) electrons. The quantitative estimate of drug-likeness (QED) is 0.0951. The average Bonchev–Trinajstić information content (AvgIpc) is 3.65. The molecular weight excluding hydrogens is 632 g/mol. The molecule has 1 atom stereocenters. The van der Waals surface area contributed by atoms with Crippen molar-refractivity contribution in [2.45, 2.75) is 26.5 Å². The summed E-state index contributed by atoms with van der Waals surface area (Å²) in [5, 5.41) is 12.1. The van der Waals surface area contributed by atoms with E-state index < -0.39 is 17.7 Å². The number of nitrogens with zero attached hydrogens (tertiary/aromatic N) is 2. The summed E-state index contributed by atoms with van der Waals surface area (Å²) < 4.78 is 29.9. The number of fused-ring (bicyclic) bond motifs is 2. The molecule has 244 valence electrons. The number of anilines is 1. The number of carbonyl (C=O) groups is 2. The van der Waals surface area contributed by atoms with Gasteiger partial charge in [0.1, 0.15) is 31.3 Å². The first-order valence-corrected chi connectivity index (χ1v) is 16.4. The molecule has 11 heteroatoms. The number of aliphatic hydroxyl groups excluding tert-OH is 1. The third kappa shape index (κ3) is 5.88. The molecule has 0 unspecified atom stereocenters. The van der Waals surface area contributed by atoms with Crippen LogP contribution in [0.1, 0.15) is 36.6 Å². The van der Waals surface area contributed by atoms with Crippen LogP contribution in [0.25, 0.3) is 16.0 Å². The van der Waals surface area contributed by atoms with Crippen LogP contribution in [0.5, 0.6) is 28.7 Å². The topological polar surface area (TPSA) is 117 Å². The molecule has 0 saturated carbocycles. The van der Waals surface area contributed by atoms with Crippen LogP contribution in [0.3, 0.4) is 0 Å². The van der Waals surface area contributed by atoms with E-state index in [0.717, 1.165) is 10.3 Å². The van der Waals surface area contributed by atoms with Crippen molar-refractivity contribution in [2.75, 3.05) is 31.3 Å². The standard InChI is InChI=1S/C37H32N2O8S/c1-3-43-25-12-13-26-31(20-25)48-37(38-26)39-33(23-10-14-28(29(18-23)44-4-2)47-21-22-8-6-5-7-9-22)32(35(41)36(39)42)34(40)24-11-15-27-30(19-24)46-17-16-45-27/h5-15,18-20,33,40H,3-4,16-17,21H2,1-2H3/b34-32+/t33-/m1/s1. The highest BCUT2D eigenvalue weighted by Gasteiger charge is 2.48. The van der Waals surface area contributed by atoms with E-state index in [1.54, 1.807) is 36.4 Å². The number of hydrogen-bond acceptors (Lipinski definition) is 10. The molecule has 0 aliphatic carbocycles. The van der Waals surface area contributed by atoms with Gasteiger partial charge in [0.2, 0.25) is 0 Å². The molecule has 0 bridgehead atoms. The Morgan fingerprint density at radius 1 is 0.875 bits per heavy atom. The summed E-state index contributed by atoms with van der Waals surface area (Å²) >= 11 is 1.26. The van der Waals surface area contributed by atoms with Crippen LogP contribution in [-0.2, 0) is 16.2 Å². The molecule has 1 saturated heterocycles. The minimum atomic E-state index is -1.03. The van der Waals surface area contributed by atoms with Crippen molar-refractivity contribution >= 4 is 44.1 Å². The third-order valence-electron chi connectivity index (χ3n) is 7.95. The normalized spacial score (nSPS) is 16.7. The van der Waals surface area contributed by atoms with Crippen LogP contribution < -0.4 is 28.6 Å². The Kier molecular flexibility index (Phi) is 8.60. The lowest BCUT2D eigenvalue weighted by Gasteiger charge is -2.24. The maximum atomic E-state index is 13.9. The Morgan fingerprint density at radius 3 is 2.46 bits per heavy atom. The zero-order chi connectivity index (χ0) is 33.2. The summed E-state index contributed by atoms with van der Waals surface area (Å²) in [6.07, 6.45) is 0. The zero-order valence-corrected chi connectivity index (χ0v) is 27.1. The first kappa shape index (κ1) is 31.1. The highest BCUT2D eigenvalue weighted by atomic mass is 32.1. The van der Waals surface area contributed by atoms with Gasteiger partial charge in [-0.2, -0.15) is 0 Å². The maximum absolute atomic E-state index is 13.9. The van der Waals surface area contributed by atoms with E-state index in [2.05, 4.69) is 0 Å². The summed E-state index contributed by atoms with van der Waals surface area (Å²) in [6.45, 7) is 5.69. The molecule has 7 rings (SSSR count). The fourth-order valence-electron chi connectivity index (χ4n) is 5.76. The molecule has 5 aromatic rings. The molecule has 2 aliphatic heterocycles. The predicted octanol–water partition coefficient (Wildman–Crippen LogP) is 7.07. The first-order chi connectivity index (χ1) is 23.4. The van der Waals surface area contributed by atoms with Crippen molar-refractivity contribution in [1.82, 2.24) is 4.98 Å². The Bertz CT molecular complexity index is 2040. The van der Waals surface area contributed by atoms with Gasteiger partial charge in [-0.15, -0.1) is 0 Å². The summed E-state index contributed by atoms with van der Waals surface area (Å²) in [5.41, 5.74) is 2.37. The van der Waals surface area contributed by atoms with Gasteiger partial charge in [0.15, 0.2) is 28.1 Å². The van der Waals surface area contributed by atoms with Crippen LogP contribution in [0.4, 0.5) is 5.13 Å². The van der Waals surface area contributed by atoms with Crippen LogP contribution in [0, 0.1) is 0 Å². The number of amides is 1. The lowest BCUT2D eigenvalue weighted by Crippen LogP contribution is -2.29. The number of ether oxygens (including phenoxy) is 5. The van der Waals surface area contributed by atoms with E-state index in [0.29, 0.717) is 83.6 Å². The molecule has 1 fully saturated rings. The van der Waals surface area contributed by atoms with Gasteiger partial charge in [-0.1, -0.05) is 47.7 Å². The molecule has 1 amide bonds. The Morgan fingerprint density at radius 2 is 1.67 bits per heavy atom. The van der Waals surface area contributed by atoms with E-state index in [1.165, 1.54) is 16.2 Å². The van der Waals surface area contributed by atoms with Crippen molar-refractivity contribution in [2.24, 2.45) is 0 Å². The number of Topliss-reactive ketones (excluding diaryl/α,β-unsaturated/α-hetero) is 1. The highest BCUT2D eigenvalue weighted by Crippen LogP contribution is 2.47. The van der Waals surface area contributed by atoms with E-state index in [-0.39, 0.29) is 11.3 Å². The van der Waals surface area contributed by atoms with Gasteiger partial charge >= 0.3 is 5.91 Å². The summed E-state index contributed by atoms with van der Waals surface area (Å²) in [4.78, 5) is 33.9.